The molecule has 0 radical (unpaired) electrons. The third-order valence-corrected chi connectivity index (χ3v) is 3.48. The zero-order chi connectivity index (χ0) is 15.0. The van der Waals surface area contributed by atoms with E-state index in [1.807, 2.05) is 20.9 Å². The van der Waals surface area contributed by atoms with Crippen LogP contribution in [-0.2, 0) is 14.3 Å². The Morgan fingerprint density at radius 3 is 2.60 bits per heavy atom. The van der Waals surface area contributed by atoms with Gasteiger partial charge in [-0.15, -0.1) is 0 Å². The molecule has 1 aliphatic rings. The summed E-state index contributed by atoms with van der Waals surface area (Å²) in [5, 5.41) is 5.92. The van der Waals surface area contributed by atoms with Gasteiger partial charge in [-0.2, -0.15) is 0 Å². The van der Waals surface area contributed by atoms with Crippen molar-refractivity contribution in [2.24, 2.45) is 5.92 Å². The summed E-state index contributed by atoms with van der Waals surface area (Å²) in [5.74, 6) is -0.269. The van der Waals surface area contributed by atoms with Crippen LogP contribution in [0.3, 0.4) is 0 Å². The van der Waals surface area contributed by atoms with Gasteiger partial charge in [0.05, 0.1) is 25.7 Å². The van der Waals surface area contributed by atoms with Crippen molar-refractivity contribution in [1.29, 1.82) is 0 Å². The zero-order valence-corrected chi connectivity index (χ0v) is 12.8. The number of nitrogens with one attached hydrogen (secondary N) is 2. The maximum atomic E-state index is 12.5. The van der Waals surface area contributed by atoms with Crippen molar-refractivity contribution in [3.63, 3.8) is 0 Å². The lowest BCUT2D eigenvalue weighted by Gasteiger charge is -2.26. The van der Waals surface area contributed by atoms with E-state index in [1.54, 1.807) is 4.90 Å². The van der Waals surface area contributed by atoms with E-state index in [1.165, 1.54) is 0 Å². The van der Waals surface area contributed by atoms with Crippen molar-refractivity contribution in [2.45, 2.75) is 32.7 Å². The largest absolute Gasteiger partial charge is 0.379 e. The molecule has 1 fully saturated rings. The topological polar surface area (TPSA) is 70.7 Å². The lowest BCUT2D eigenvalue weighted by molar-refractivity contribution is -0.139. The number of likely N-dealkylation sites (N-methyl/N-ethyl adjacent to an activating group) is 1. The molecule has 0 aromatic rings. The van der Waals surface area contributed by atoms with Gasteiger partial charge < -0.3 is 20.3 Å². The third kappa shape index (κ3) is 4.76. The molecule has 2 atom stereocenters. The molecule has 0 bridgehead atoms. The van der Waals surface area contributed by atoms with Crippen molar-refractivity contribution in [3.05, 3.63) is 0 Å². The van der Waals surface area contributed by atoms with E-state index in [9.17, 15) is 9.59 Å². The van der Waals surface area contributed by atoms with Gasteiger partial charge in [0.15, 0.2) is 0 Å². The molecule has 6 heteroatoms. The molecule has 2 amide bonds. The summed E-state index contributed by atoms with van der Waals surface area (Å²) in [6, 6.07) is 0.0422. The molecule has 0 saturated carbocycles. The lowest BCUT2D eigenvalue weighted by Crippen LogP contribution is -2.48. The van der Waals surface area contributed by atoms with E-state index in [4.69, 9.17) is 4.74 Å². The van der Waals surface area contributed by atoms with Gasteiger partial charge in [-0.25, -0.2) is 0 Å². The van der Waals surface area contributed by atoms with Crippen LogP contribution < -0.4 is 10.6 Å². The molecule has 2 unspecified atom stereocenters. The van der Waals surface area contributed by atoms with Crippen LogP contribution in [0.15, 0.2) is 0 Å². The minimum absolute atomic E-state index is 0.00958. The fraction of sp³-hybridized carbons (Fsp3) is 0.857. The van der Waals surface area contributed by atoms with Crippen LogP contribution in [0, 0.1) is 5.92 Å². The standard InChI is InChI=1S/C14H27N3O3/c1-4-6-16-13(18)8-17(7-5-2)14(19)11-9-20-10-12(11)15-3/h11-12,15H,4-10H2,1-3H3,(H,16,18). The van der Waals surface area contributed by atoms with Crippen LogP contribution in [-0.4, -0.2) is 62.7 Å². The average Bonchev–Trinajstić information content (AvgIpc) is 2.92. The molecule has 2 N–H and O–H groups in total. The van der Waals surface area contributed by atoms with E-state index in [0.29, 0.717) is 26.3 Å². The van der Waals surface area contributed by atoms with E-state index in [2.05, 4.69) is 10.6 Å². The van der Waals surface area contributed by atoms with Crippen LogP contribution in [0.5, 0.6) is 0 Å². The van der Waals surface area contributed by atoms with Gasteiger partial charge in [0.25, 0.3) is 0 Å². The van der Waals surface area contributed by atoms with Gasteiger partial charge in [-0.3, -0.25) is 9.59 Å². The summed E-state index contributed by atoms with van der Waals surface area (Å²) < 4.78 is 5.37. The van der Waals surface area contributed by atoms with E-state index < -0.39 is 0 Å². The lowest BCUT2D eigenvalue weighted by atomic mass is 10.0. The van der Waals surface area contributed by atoms with Crippen molar-refractivity contribution in [2.75, 3.05) is 39.9 Å². The van der Waals surface area contributed by atoms with Crippen molar-refractivity contribution in [3.8, 4) is 0 Å². The fourth-order valence-electron chi connectivity index (χ4n) is 2.35. The van der Waals surface area contributed by atoms with Crippen LogP contribution in [0.1, 0.15) is 26.7 Å². The van der Waals surface area contributed by atoms with Crippen molar-refractivity contribution < 1.29 is 14.3 Å². The normalized spacial score (nSPS) is 21.8. The Labute approximate surface area is 121 Å². The van der Waals surface area contributed by atoms with E-state index >= 15 is 0 Å². The monoisotopic (exact) mass is 285 g/mol. The average molecular weight is 285 g/mol. The molecule has 0 spiro atoms. The first kappa shape index (κ1) is 16.9. The van der Waals surface area contributed by atoms with Crippen LogP contribution in [0.25, 0.3) is 0 Å². The predicted molar refractivity (Wildman–Crippen MR) is 77.3 cm³/mol. The zero-order valence-electron chi connectivity index (χ0n) is 12.8. The predicted octanol–water partition coefficient (Wildman–Crippen LogP) is -0.0144. The molecule has 0 aromatic heterocycles. The summed E-state index contributed by atoms with van der Waals surface area (Å²) >= 11 is 0. The summed E-state index contributed by atoms with van der Waals surface area (Å²) in [7, 11) is 1.83. The van der Waals surface area contributed by atoms with Gasteiger partial charge >= 0.3 is 0 Å². The third-order valence-electron chi connectivity index (χ3n) is 3.48. The first-order valence-electron chi connectivity index (χ1n) is 7.44. The minimum Gasteiger partial charge on any atom is -0.379 e. The van der Waals surface area contributed by atoms with Gasteiger partial charge in [0.1, 0.15) is 0 Å². The number of hydrogen-bond donors (Lipinski definition) is 2. The quantitative estimate of drug-likeness (QED) is 0.658. The molecular weight excluding hydrogens is 258 g/mol. The number of amides is 2. The molecule has 0 aliphatic carbocycles. The summed E-state index contributed by atoms with van der Waals surface area (Å²) in [4.78, 5) is 26.0. The van der Waals surface area contributed by atoms with Gasteiger partial charge in [-0.1, -0.05) is 13.8 Å². The molecule has 6 nitrogen and oxygen atoms in total. The first-order chi connectivity index (χ1) is 9.63. The van der Waals surface area contributed by atoms with Gasteiger partial charge in [0, 0.05) is 19.1 Å². The maximum absolute atomic E-state index is 12.5. The van der Waals surface area contributed by atoms with Crippen LogP contribution >= 0.6 is 0 Å². The van der Waals surface area contributed by atoms with E-state index in [-0.39, 0.29) is 30.3 Å². The molecule has 0 aromatic carbocycles. The SMILES string of the molecule is CCCNC(=O)CN(CCC)C(=O)C1COCC1NC. The highest BCUT2D eigenvalue weighted by Crippen LogP contribution is 2.16. The number of rotatable bonds is 8. The maximum Gasteiger partial charge on any atom is 0.239 e. The van der Waals surface area contributed by atoms with Crippen molar-refractivity contribution >= 4 is 11.8 Å². The number of carbonyl (C=O) groups excluding carboxylic acids is 2. The molecule has 116 valence electrons. The molecule has 20 heavy (non-hydrogen) atoms. The second-order valence-electron chi connectivity index (χ2n) is 5.15. The Hall–Kier alpha value is -1.14. The summed E-state index contributed by atoms with van der Waals surface area (Å²) in [6.07, 6.45) is 1.73. The van der Waals surface area contributed by atoms with Gasteiger partial charge in [0.2, 0.25) is 11.8 Å². The first-order valence-corrected chi connectivity index (χ1v) is 7.44. The second-order valence-corrected chi connectivity index (χ2v) is 5.15. The number of carbonyl (C=O) groups is 2. The smallest absolute Gasteiger partial charge is 0.239 e. The highest BCUT2D eigenvalue weighted by molar-refractivity contribution is 5.86. The number of hydrogen-bond acceptors (Lipinski definition) is 4. The molecular formula is C14H27N3O3. The molecule has 1 heterocycles. The highest BCUT2D eigenvalue weighted by atomic mass is 16.5. The van der Waals surface area contributed by atoms with Crippen LogP contribution in [0.4, 0.5) is 0 Å². The minimum atomic E-state index is -0.189. The van der Waals surface area contributed by atoms with Crippen LogP contribution in [0.2, 0.25) is 0 Å². The summed E-state index contributed by atoms with van der Waals surface area (Å²) in [6.45, 7) is 6.38. The fourth-order valence-corrected chi connectivity index (χ4v) is 2.35. The Balaban J connectivity index is 2.59. The van der Waals surface area contributed by atoms with E-state index in [0.717, 1.165) is 12.8 Å². The van der Waals surface area contributed by atoms with Gasteiger partial charge in [-0.05, 0) is 19.9 Å². The Morgan fingerprint density at radius 1 is 1.25 bits per heavy atom. The Kier molecular flexibility index (Phi) is 7.54. The molecule has 1 aliphatic heterocycles. The Morgan fingerprint density at radius 2 is 2.00 bits per heavy atom. The second kappa shape index (κ2) is 8.92. The molecule has 1 saturated heterocycles. The molecule has 1 rings (SSSR count). The number of nitrogens with zero attached hydrogens (tertiary/aromatic N) is 1. The Bertz CT molecular complexity index is 323. The highest BCUT2D eigenvalue weighted by Gasteiger charge is 2.35. The summed E-state index contributed by atoms with van der Waals surface area (Å²) in [5.41, 5.74) is 0. The van der Waals surface area contributed by atoms with Crippen molar-refractivity contribution in [1.82, 2.24) is 15.5 Å². The number of ether oxygens (including phenoxy) is 1.